The third-order valence-electron chi connectivity index (χ3n) is 3.76. The number of rotatable bonds is 8. The summed E-state index contributed by atoms with van der Waals surface area (Å²) in [4.78, 5) is 18.7. The fourth-order valence-electron chi connectivity index (χ4n) is 2.58. The first-order chi connectivity index (χ1) is 11.1. The van der Waals surface area contributed by atoms with Crippen LogP contribution in [0.25, 0.3) is 0 Å². The molecule has 0 amide bonds. The summed E-state index contributed by atoms with van der Waals surface area (Å²) in [6.45, 7) is 12.5. The highest BCUT2D eigenvalue weighted by molar-refractivity contribution is 5.80. The zero-order valence-electron chi connectivity index (χ0n) is 15.1. The molecule has 6 heteroatoms. The number of esters is 1. The molecule has 0 aromatic heterocycles. The first-order valence-electron chi connectivity index (χ1n) is 8.89. The number of carbonyl (C=O) groups is 1. The molecule has 23 heavy (non-hydrogen) atoms. The van der Waals surface area contributed by atoms with Crippen LogP contribution >= 0.6 is 0 Å². The van der Waals surface area contributed by atoms with Gasteiger partial charge in [0, 0.05) is 32.8 Å². The molecule has 134 valence electrons. The second-order valence-corrected chi connectivity index (χ2v) is 6.02. The van der Waals surface area contributed by atoms with Gasteiger partial charge in [0.15, 0.2) is 5.96 Å². The van der Waals surface area contributed by atoms with E-state index in [-0.39, 0.29) is 18.0 Å². The SMILES string of the molecule is CCNC(=NCCCOC(C)C)N1CCC(C(=O)OCC)CC1. The molecule has 1 fully saturated rings. The summed E-state index contributed by atoms with van der Waals surface area (Å²) >= 11 is 0. The number of piperidine rings is 1. The maximum absolute atomic E-state index is 11.8. The average Bonchev–Trinajstić information content (AvgIpc) is 2.53. The number of nitrogens with zero attached hydrogens (tertiary/aromatic N) is 2. The van der Waals surface area contributed by atoms with Crippen molar-refractivity contribution in [1.29, 1.82) is 0 Å². The van der Waals surface area contributed by atoms with Gasteiger partial charge < -0.3 is 19.7 Å². The average molecular weight is 327 g/mol. The van der Waals surface area contributed by atoms with Crippen molar-refractivity contribution in [3.63, 3.8) is 0 Å². The van der Waals surface area contributed by atoms with Crippen LogP contribution in [-0.4, -0.2) is 62.3 Å². The Labute approximate surface area is 140 Å². The van der Waals surface area contributed by atoms with Gasteiger partial charge in [0.1, 0.15) is 0 Å². The van der Waals surface area contributed by atoms with E-state index >= 15 is 0 Å². The zero-order valence-corrected chi connectivity index (χ0v) is 15.1. The van der Waals surface area contributed by atoms with Crippen molar-refractivity contribution < 1.29 is 14.3 Å². The molecule has 0 bridgehead atoms. The molecule has 0 spiro atoms. The predicted octanol–water partition coefficient (Wildman–Crippen LogP) is 2.04. The molecule has 0 aromatic carbocycles. The van der Waals surface area contributed by atoms with Gasteiger partial charge in [-0.3, -0.25) is 9.79 Å². The van der Waals surface area contributed by atoms with E-state index in [4.69, 9.17) is 9.47 Å². The van der Waals surface area contributed by atoms with Gasteiger partial charge in [0.05, 0.1) is 18.6 Å². The Bertz CT molecular complexity index is 364. The van der Waals surface area contributed by atoms with Gasteiger partial charge in [-0.25, -0.2) is 0 Å². The standard InChI is InChI=1S/C17H33N3O3/c1-5-18-17(19-10-7-13-23-14(3)4)20-11-8-15(9-12-20)16(21)22-6-2/h14-15H,5-13H2,1-4H3,(H,18,19). The van der Waals surface area contributed by atoms with Crippen LogP contribution in [-0.2, 0) is 14.3 Å². The molecule has 0 unspecified atom stereocenters. The number of aliphatic imine (C=N–C) groups is 1. The number of hydrogen-bond donors (Lipinski definition) is 1. The number of carbonyl (C=O) groups excluding carboxylic acids is 1. The Morgan fingerprint density at radius 2 is 2.00 bits per heavy atom. The summed E-state index contributed by atoms with van der Waals surface area (Å²) in [5.41, 5.74) is 0. The maximum Gasteiger partial charge on any atom is 0.309 e. The van der Waals surface area contributed by atoms with Crippen LogP contribution in [0.5, 0.6) is 0 Å². The van der Waals surface area contributed by atoms with Crippen molar-refractivity contribution in [3.05, 3.63) is 0 Å². The number of hydrogen-bond acceptors (Lipinski definition) is 4. The molecule has 0 radical (unpaired) electrons. The minimum absolute atomic E-state index is 0.0357. The van der Waals surface area contributed by atoms with E-state index in [1.165, 1.54) is 0 Å². The van der Waals surface area contributed by atoms with Crippen LogP contribution in [0.4, 0.5) is 0 Å². The molecule has 1 aliphatic rings. The minimum atomic E-state index is -0.0556. The first-order valence-corrected chi connectivity index (χ1v) is 8.89. The fourth-order valence-corrected chi connectivity index (χ4v) is 2.58. The van der Waals surface area contributed by atoms with E-state index < -0.39 is 0 Å². The van der Waals surface area contributed by atoms with Gasteiger partial charge >= 0.3 is 5.97 Å². The van der Waals surface area contributed by atoms with Crippen LogP contribution in [0.2, 0.25) is 0 Å². The molecule has 0 aliphatic carbocycles. The summed E-state index contributed by atoms with van der Waals surface area (Å²) in [7, 11) is 0. The summed E-state index contributed by atoms with van der Waals surface area (Å²) in [6.07, 6.45) is 2.86. The molecule has 1 aliphatic heterocycles. The largest absolute Gasteiger partial charge is 0.466 e. The molecular weight excluding hydrogens is 294 g/mol. The second kappa shape index (κ2) is 11.3. The fraction of sp³-hybridized carbons (Fsp3) is 0.882. The lowest BCUT2D eigenvalue weighted by Crippen LogP contribution is -2.46. The Kier molecular flexibility index (Phi) is 9.67. The summed E-state index contributed by atoms with van der Waals surface area (Å²) in [5.74, 6) is 0.924. The number of likely N-dealkylation sites (tertiary alicyclic amines) is 1. The van der Waals surface area contributed by atoms with E-state index in [0.717, 1.165) is 58.0 Å². The molecular formula is C17H33N3O3. The van der Waals surface area contributed by atoms with Gasteiger partial charge in [0.2, 0.25) is 0 Å². The molecule has 1 rings (SSSR count). The van der Waals surface area contributed by atoms with E-state index in [2.05, 4.69) is 22.1 Å². The van der Waals surface area contributed by atoms with Crippen molar-refractivity contribution in [3.8, 4) is 0 Å². The minimum Gasteiger partial charge on any atom is -0.466 e. The molecule has 1 N–H and O–H groups in total. The highest BCUT2D eigenvalue weighted by Gasteiger charge is 2.27. The molecule has 1 saturated heterocycles. The molecule has 1 heterocycles. The first kappa shape index (κ1) is 19.7. The highest BCUT2D eigenvalue weighted by Crippen LogP contribution is 2.18. The van der Waals surface area contributed by atoms with Gasteiger partial charge in [-0.15, -0.1) is 0 Å². The van der Waals surface area contributed by atoms with Crippen molar-refractivity contribution in [2.75, 3.05) is 39.4 Å². The predicted molar refractivity (Wildman–Crippen MR) is 92.6 cm³/mol. The third-order valence-corrected chi connectivity index (χ3v) is 3.76. The van der Waals surface area contributed by atoms with Crippen LogP contribution in [0.1, 0.15) is 47.0 Å². The van der Waals surface area contributed by atoms with Crippen LogP contribution in [0, 0.1) is 5.92 Å². The van der Waals surface area contributed by atoms with Crippen molar-refractivity contribution in [2.24, 2.45) is 10.9 Å². The lowest BCUT2D eigenvalue weighted by atomic mass is 9.97. The lowest BCUT2D eigenvalue weighted by molar-refractivity contribution is -0.149. The number of nitrogens with one attached hydrogen (secondary N) is 1. The van der Waals surface area contributed by atoms with Gasteiger partial charge in [-0.05, 0) is 47.0 Å². The monoisotopic (exact) mass is 327 g/mol. The summed E-state index contributed by atoms with van der Waals surface area (Å²) in [6, 6.07) is 0. The van der Waals surface area contributed by atoms with Crippen LogP contribution in [0.3, 0.4) is 0 Å². The van der Waals surface area contributed by atoms with Crippen molar-refractivity contribution in [2.45, 2.75) is 53.1 Å². The number of guanidine groups is 1. The molecule has 0 saturated carbocycles. The topological polar surface area (TPSA) is 63.2 Å². The zero-order chi connectivity index (χ0) is 17.1. The summed E-state index contributed by atoms with van der Waals surface area (Å²) < 4.78 is 10.7. The Morgan fingerprint density at radius 1 is 1.30 bits per heavy atom. The molecule has 6 nitrogen and oxygen atoms in total. The quantitative estimate of drug-likeness (QED) is 0.320. The maximum atomic E-state index is 11.8. The second-order valence-electron chi connectivity index (χ2n) is 6.02. The van der Waals surface area contributed by atoms with E-state index in [1.54, 1.807) is 0 Å². The number of ether oxygens (including phenoxy) is 2. The Morgan fingerprint density at radius 3 is 2.57 bits per heavy atom. The van der Waals surface area contributed by atoms with Gasteiger partial charge in [-0.1, -0.05) is 0 Å². The Balaban J connectivity index is 2.41. The molecule has 0 aromatic rings. The summed E-state index contributed by atoms with van der Waals surface area (Å²) in [5, 5.41) is 3.34. The van der Waals surface area contributed by atoms with E-state index in [9.17, 15) is 4.79 Å². The smallest absolute Gasteiger partial charge is 0.309 e. The van der Waals surface area contributed by atoms with Crippen LogP contribution < -0.4 is 5.32 Å². The lowest BCUT2D eigenvalue weighted by Gasteiger charge is -2.33. The van der Waals surface area contributed by atoms with Gasteiger partial charge in [-0.2, -0.15) is 0 Å². The normalized spacial score (nSPS) is 16.7. The van der Waals surface area contributed by atoms with Gasteiger partial charge in [0.25, 0.3) is 0 Å². The van der Waals surface area contributed by atoms with E-state index in [0.29, 0.717) is 6.61 Å². The van der Waals surface area contributed by atoms with Crippen molar-refractivity contribution in [1.82, 2.24) is 10.2 Å². The van der Waals surface area contributed by atoms with E-state index in [1.807, 2.05) is 20.8 Å². The van der Waals surface area contributed by atoms with Crippen LogP contribution in [0.15, 0.2) is 4.99 Å². The third kappa shape index (κ3) is 7.68. The molecule has 0 atom stereocenters. The highest BCUT2D eigenvalue weighted by atomic mass is 16.5. The van der Waals surface area contributed by atoms with Crippen molar-refractivity contribution >= 4 is 11.9 Å². The Hall–Kier alpha value is -1.30.